The standard InChI is InChI=1S/C18H18FN3O/c19-13-8-14(11-4-2-1-3-5-11)22-17(13)20-16(21-22)15(23)12-9-18(10-12)6-7-18/h1-5,12-14H,6-10H2. The van der Waals surface area contributed by atoms with Gasteiger partial charge in [0.25, 0.3) is 0 Å². The Balaban J connectivity index is 1.44. The predicted octanol–water partition coefficient (Wildman–Crippen LogP) is 3.65. The molecule has 2 unspecified atom stereocenters. The quantitative estimate of drug-likeness (QED) is 0.813. The minimum atomic E-state index is -1.15. The van der Waals surface area contributed by atoms with Crippen molar-refractivity contribution in [3.8, 4) is 0 Å². The molecule has 23 heavy (non-hydrogen) atoms. The van der Waals surface area contributed by atoms with Crippen molar-refractivity contribution in [3.63, 3.8) is 0 Å². The minimum Gasteiger partial charge on any atom is -0.290 e. The Morgan fingerprint density at radius 3 is 2.65 bits per heavy atom. The Bertz CT molecular complexity index is 773. The molecule has 0 amide bonds. The van der Waals surface area contributed by atoms with Crippen molar-refractivity contribution in [2.75, 3.05) is 0 Å². The number of alkyl halides is 1. The first-order valence-electron chi connectivity index (χ1n) is 8.35. The van der Waals surface area contributed by atoms with Crippen molar-refractivity contribution in [1.29, 1.82) is 0 Å². The van der Waals surface area contributed by atoms with Crippen LogP contribution in [0.2, 0.25) is 0 Å². The lowest BCUT2D eigenvalue weighted by Crippen LogP contribution is -2.32. The fourth-order valence-electron chi connectivity index (χ4n) is 4.18. The number of nitrogens with zero attached hydrogens (tertiary/aromatic N) is 3. The van der Waals surface area contributed by atoms with E-state index in [0.717, 1.165) is 18.4 Å². The molecule has 2 saturated carbocycles. The Morgan fingerprint density at radius 1 is 1.22 bits per heavy atom. The Kier molecular flexibility index (Phi) is 2.62. The molecule has 2 aromatic rings. The summed E-state index contributed by atoms with van der Waals surface area (Å²) in [5.74, 6) is 0.573. The van der Waals surface area contributed by atoms with Gasteiger partial charge >= 0.3 is 0 Å². The summed E-state index contributed by atoms with van der Waals surface area (Å²) in [7, 11) is 0. The molecule has 1 aromatic heterocycles. The van der Waals surface area contributed by atoms with Crippen molar-refractivity contribution in [1.82, 2.24) is 14.8 Å². The van der Waals surface area contributed by atoms with E-state index in [1.54, 1.807) is 4.68 Å². The third-order valence-corrected chi connectivity index (χ3v) is 5.75. The number of hydrogen-bond acceptors (Lipinski definition) is 3. The van der Waals surface area contributed by atoms with Crippen LogP contribution in [0.4, 0.5) is 4.39 Å². The maximum Gasteiger partial charge on any atom is 0.217 e. The van der Waals surface area contributed by atoms with Gasteiger partial charge in [0.05, 0.1) is 6.04 Å². The van der Waals surface area contributed by atoms with Crippen LogP contribution in [0.25, 0.3) is 0 Å². The summed E-state index contributed by atoms with van der Waals surface area (Å²) in [5, 5.41) is 4.39. The molecule has 4 nitrogen and oxygen atoms in total. The highest BCUT2D eigenvalue weighted by Gasteiger charge is 2.55. The third-order valence-electron chi connectivity index (χ3n) is 5.75. The van der Waals surface area contributed by atoms with Crippen LogP contribution >= 0.6 is 0 Å². The molecule has 3 aliphatic rings. The Labute approximate surface area is 133 Å². The fourth-order valence-corrected chi connectivity index (χ4v) is 4.18. The van der Waals surface area contributed by atoms with Gasteiger partial charge in [-0.1, -0.05) is 30.3 Å². The second kappa shape index (κ2) is 4.49. The maximum atomic E-state index is 14.3. The van der Waals surface area contributed by atoms with Crippen molar-refractivity contribution in [2.24, 2.45) is 11.3 Å². The number of Topliss-reactive ketones (excluding diaryl/α,β-unsaturated/α-hetero) is 1. The van der Waals surface area contributed by atoms with E-state index in [9.17, 15) is 9.18 Å². The van der Waals surface area contributed by atoms with Crippen molar-refractivity contribution < 1.29 is 9.18 Å². The number of ketones is 1. The number of halogens is 1. The first kappa shape index (κ1) is 13.4. The second-order valence-electron chi connectivity index (χ2n) is 7.34. The van der Waals surface area contributed by atoms with Crippen molar-refractivity contribution >= 4 is 5.78 Å². The van der Waals surface area contributed by atoms with Crippen LogP contribution in [-0.4, -0.2) is 20.5 Å². The first-order chi connectivity index (χ1) is 11.2. The van der Waals surface area contributed by atoms with Crippen molar-refractivity contribution in [3.05, 3.63) is 47.5 Å². The van der Waals surface area contributed by atoms with Gasteiger partial charge in [-0.25, -0.2) is 14.1 Å². The number of carbonyl (C=O) groups is 1. The molecule has 2 aliphatic carbocycles. The van der Waals surface area contributed by atoms with Crippen LogP contribution in [0.3, 0.4) is 0 Å². The molecule has 5 heteroatoms. The van der Waals surface area contributed by atoms with E-state index in [-0.39, 0.29) is 23.6 Å². The number of aromatic nitrogens is 3. The van der Waals surface area contributed by atoms with E-state index in [1.807, 2.05) is 30.3 Å². The molecule has 1 aromatic carbocycles. The van der Waals surface area contributed by atoms with E-state index in [0.29, 0.717) is 17.7 Å². The zero-order valence-corrected chi connectivity index (χ0v) is 12.8. The van der Waals surface area contributed by atoms with Crippen LogP contribution in [0, 0.1) is 11.3 Å². The molecule has 2 fully saturated rings. The molecule has 0 radical (unpaired) electrons. The smallest absolute Gasteiger partial charge is 0.217 e. The van der Waals surface area contributed by atoms with Gasteiger partial charge in [-0.3, -0.25) is 4.79 Å². The van der Waals surface area contributed by atoms with Gasteiger partial charge in [-0.05, 0) is 36.7 Å². The summed E-state index contributed by atoms with van der Waals surface area (Å²) in [4.78, 5) is 16.8. The second-order valence-corrected chi connectivity index (χ2v) is 7.34. The van der Waals surface area contributed by atoms with Gasteiger partial charge in [0.15, 0.2) is 12.0 Å². The third kappa shape index (κ3) is 1.98. The maximum absolute atomic E-state index is 14.3. The molecule has 0 N–H and O–H groups in total. The minimum absolute atomic E-state index is 0.00318. The summed E-state index contributed by atoms with van der Waals surface area (Å²) < 4.78 is 15.9. The monoisotopic (exact) mass is 311 g/mol. The van der Waals surface area contributed by atoms with E-state index in [1.165, 1.54) is 12.8 Å². The molecule has 2 heterocycles. The number of hydrogen-bond donors (Lipinski definition) is 0. The lowest BCUT2D eigenvalue weighted by atomic mass is 9.70. The topological polar surface area (TPSA) is 47.8 Å². The summed E-state index contributed by atoms with van der Waals surface area (Å²) in [6.45, 7) is 0. The Morgan fingerprint density at radius 2 is 1.96 bits per heavy atom. The van der Waals surface area contributed by atoms with E-state index < -0.39 is 6.17 Å². The van der Waals surface area contributed by atoms with Crippen LogP contribution in [0.5, 0.6) is 0 Å². The zero-order valence-electron chi connectivity index (χ0n) is 12.8. The van der Waals surface area contributed by atoms with E-state index in [4.69, 9.17) is 0 Å². The highest BCUT2D eigenvalue weighted by atomic mass is 19.1. The molecule has 5 rings (SSSR count). The average molecular weight is 311 g/mol. The molecular formula is C18H18FN3O. The van der Waals surface area contributed by atoms with Crippen LogP contribution < -0.4 is 0 Å². The first-order valence-corrected chi connectivity index (χ1v) is 8.35. The number of fused-ring (bicyclic) bond motifs is 1. The molecule has 2 atom stereocenters. The number of benzene rings is 1. The van der Waals surface area contributed by atoms with Gasteiger partial charge in [0.2, 0.25) is 11.6 Å². The molecular weight excluding hydrogens is 293 g/mol. The highest BCUT2D eigenvalue weighted by molar-refractivity contribution is 5.95. The lowest BCUT2D eigenvalue weighted by molar-refractivity contribution is 0.0729. The molecule has 118 valence electrons. The largest absolute Gasteiger partial charge is 0.290 e. The van der Waals surface area contributed by atoms with Crippen LogP contribution in [0.15, 0.2) is 30.3 Å². The predicted molar refractivity (Wildman–Crippen MR) is 81.8 cm³/mol. The average Bonchev–Trinajstić information content (AvgIpc) is 3.13. The van der Waals surface area contributed by atoms with Crippen LogP contribution in [0.1, 0.15) is 66.3 Å². The highest BCUT2D eigenvalue weighted by Crippen LogP contribution is 2.63. The zero-order chi connectivity index (χ0) is 15.6. The number of carbonyl (C=O) groups excluding carboxylic acids is 1. The van der Waals surface area contributed by atoms with Gasteiger partial charge in [-0.15, -0.1) is 5.10 Å². The van der Waals surface area contributed by atoms with Gasteiger partial charge in [0.1, 0.15) is 0 Å². The van der Waals surface area contributed by atoms with Gasteiger partial charge in [-0.2, -0.15) is 0 Å². The SMILES string of the molecule is O=C(c1nc2n(n1)C(c1ccccc1)CC2F)C1CC2(CC2)C1. The summed E-state index contributed by atoms with van der Waals surface area (Å²) in [5.41, 5.74) is 1.48. The van der Waals surface area contributed by atoms with Crippen molar-refractivity contribution in [2.45, 2.75) is 44.3 Å². The van der Waals surface area contributed by atoms with Gasteiger partial charge < -0.3 is 0 Å². The van der Waals surface area contributed by atoms with E-state index in [2.05, 4.69) is 10.1 Å². The van der Waals surface area contributed by atoms with Gasteiger partial charge in [0, 0.05) is 12.3 Å². The van der Waals surface area contributed by atoms with E-state index >= 15 is 0 Å². The van der Waals surface area contributed by atoms with Crippen LogP contribution in [-0.2, 0) is 0 Å². The molecule has 1 spiro atoms. The summed E-state index contributed by atoms with van der Waals surface area (Å²) in [6, 6.07) is 9.59. The Hall–Kier alpha value is -2.04. The fraction of sp³-hybridized carbons (Fsp3) is 0.500. The molecule has 0 saturated heterocycles. The summed E-state index contributed by atoms with van der Waals surface area (Å²) in [6.07, 6.45) is 3.65. The lowest BCUT2D eigenvalue weighted by Gasteiger charge is -2.33. The number of rotatable bonds is 3. The summed E-state index contributed by atoms with van der Waals surface area (Å²) >= 11 is 0. The molecule has 1 aliphatic heterocycles. The normalized spacial score (nSPS) is 27.7. The molecule has 0 bridgehead atoms.